The highest BCUT2D eigenvalue weighted by Crippen LogP contribution is 2.37. The molecule has 122 valence electrons. The minimum absolute atomic E-state index is 0.0133. The van der Waals surface area contributed by atoms with E-state index in [1.165, 1.54) is 12.1 Å². The van der Waals surface area contributed by atoms with E-state index in [-0.39, 0.29) is 11.1 Å². The van der Waals surface area contributed by atoms with E-state index in [2.05, 4.69) is 16.8 Å². The van der Waals surface area contributed by atoms with Gasteiger partial charge in [-0.1, -0.05) is 23.2 Å². The lowest BCUT2D eigenvalue weighted by atomic mass is 9.97. The Bertz CT molecular complexity index is 537. The van der Waals surface area contributed by atoms with E-state index in [1.807, 2.05) is 6.92 Å². The zero-order valence-electron chi connectivity index (χ0n) is 12.5. The first kappa shape index (κ1) is 17.3. The van der Waals surface area contributed by atoms with E-state index < -0.39 is 11.7 Å². The minimum atomic E-state index is -4.42. The van der Waals surface area contributed by atoms with Crippen molar-refractivity contribution in [1.29, 1.82) is 0 Å². The Morgan fingerprint density at radius 3 is 2.50 bits per heavy atom. The fourth-order valence-electron chi connectivity index (χ4n) is 2.75. The number of alkyl halides is 3. The van der Waals surface area contributed by atoms with Crippen molar-refractivity contribution in [2.24, 2.45) is 0 Å². The van der Waals surface area contributed by atoms with Crippen molar-refractivity contribution in [3.8, 4) is 0 Å². The predicted octanol–water partition coefficient (Wildman–Crippen LogP) is 4.27. The Balaban J connectivity index is 2.30. The minimum Gasteiger partial charge on any atom is -0.314 e. The second-order valence-electron chi connectivity index (χ2n) is 5.70. The standard InChI is InChI=1S/C16H20ClF3N2/c1-11(2)9-15(22-7-5-21-6-8-22)12-3-4-13(14(17)10-12)16(18,19)20/h3-4,10,15,21H,1,5-9H2,2H3/t15-/m1/s1. The smallest absolute Gasteiger partial charge is 0.314 e. The van der Waals surface area contributed by atoms with E-state index in [9.17, 15) is 13.2 Å². The number of nitrogens with one attached hydrogen (secondary N) is 1. The first-order chi connectivity index (χ1) is 10.3. The molecule has 0 radical (unpaired) electrons. The Kier molecular flexibility index (Phi) is 5.53. The fraction of sp³-hybridized carbons (Fsp3) is 0.500. The van der Waals surface area contributed by atoms with Gasteiger partial charge in [-0.15, -0.1) is 6.58 Å². The molecule has 1 atom stereocenters. The number of halogens is 4. The van der Waals surface area contributed by atoms with Gasteiger partial charge in [-0.05, 0) is 31.0 Å². The molecule has 0 amide bonds. The number of benzene rings is 1. The van der Waals surface area contributed by atoms with Gasteiger partial charge in [0, 0.05) is 32.2 Å². The van der Waals surface area contributed by atoms with Gasteiger partial charge in [0.15, 0.2) is 0 Å². The highest BCUT2D eigenvalue weighted by molar-refractivity contribution is 6.31. The molecular formula is C16H20ClF3N2. The Morgan fingerprint density at radius 1 is 1.36 bits per heavy atom. The molecule has 0 spiro atoms. The summed E-state index contributed by atoms with van der Waals surface area (Å²) >= 11 is 5.86. The van der Waals surface area contributed by atoms with Crippen LogP contribution in [0.15, 0.2) is 30.4 Å². The number of piperazine rings is 1. The zero-order chi connectivity index (χ0) is 16.3. The van der Waals surface area contributed by atoms with E-state index in [1.54, 1.807) is 0 Å². The molecule has 0 saturated carbocycles. The lowest BCUT2D eigenvalue weighted by molar-refractivity contribution is -0.137. The van der Waals surface area contributed by atoms with Crippen LogP contribution >= 0.6 is 11.6 Å². The summed E-state index contributed by atoms with van der Waals surface area (Å²) in [5.41, 5.74) is 1.02. The van der Waals surface area contributed by atoms with Crippen LogP contribution in [0, 0.1) is 0 Å². The average molecular weight is 333 g/mol. The summed E-state index contributed by atoms with van der Waals surface area (Å²) in [4.78, 5) is 2.27. The molecule has 1 N–H and O–H groups in total. The van der Waals surface area contributed by atoms with Crippen LogP contribution in [0.3, 0.4) is 0 Å². The first-order valence-electron chi connectivity index (χ1n) is 7.25. The maximum absolute atomic E-state index is 12.8. The largest absolute Gasteiger partial charge is 0.417 e. The maximum atomic E-state index is 12.8. The third-order valence-corrected chi connectivity index (χ3v) is 4.13. The highest BCUT2D eigenvalue weighted by atomic mass is 35.5. The molecule has 1 heterocycles. The quantitative estimate of drug-likeness (QED) is 0.828. The third-order valence-electron chi connectivity index (χ3n) is 3.82. The van der Waals surface area contributed by atoms with Gasteiger partial charge in [0.25, 0.3) is 0 Å². The normalized spacial score (nSPS) is 18.2. The van der Waals surface area contributed by atoms with Crippen LogP contribution in [0.25, 0.3) is 0 Å². The van der Waals surface area contributed by atoms with Gasteiger partial charge in [-0.25, -0.2) is 0 Å². The third kappa shape index (κ3) is 4.24. The van der Waals surface area contributed by atoms with Crippen LogP contribution in [0.2, 0.25) is 5.02 Å². The molecule has 1 aromatic carbocycles. The van der Waals surface area contributed by atoms with Crippen molar-refractivity contribution < 1.29 is 13.2 Å². The number of rotatable bonds is 4. The summed E-state index contributed by atoms with van der Waals surface area (Å²) in [6, 6.07) is 4.06. The average Bonchev–Trinajstić information content (AvgIpc) is 2.44. The summed E-state index contributed by atoms with van der Waals surface area (Å²) < 4.78 is 38.5. The fourth-order valence-corrected chi connectivity index (χ4v) is 3.05. The predicted molar refractivity (Wildman–Crippen MR) is 83.1 cm³/mol. The summed E-state index contributed by atoms with van der Waals surface area (Å²) in [7, 11) is 0. The van der Waals surface area contributed by atoms with Gasteiger partial charge < -0.3 is 5.32 Å². The van der Waals surface area contributed by atoms with Gasteiger partial charge in [-0.3, -0.25) is 4.90 Å². The molecule has 0 aliphatic carbocycles. The van der Waals surface area contributed by atoms with Crippen LogP contribution in [0.5, 0.6) is 0 Å². The summed E-state index contributed by atoms with van der Waals surface area (Å²) in [6.45, 7) is 9.34. The summed E-state index contributed by atoms with van der Waals surface area (Å²) in [6.07, 6.45) is -3.71. The van der Waals surface area contributed by atoms with Crippen molar-refractivity contribution >= 4 is 11.6 Å². The Labute approximate surface area is 133 Å². The zero-order valence-corrected chi connectivity index (χ0v) is 13.3. The maximum Gasteiger partial charge on any atom is 0.417 e. The van der Waals surface area contributed by atoms with Crippen LogP contribution in [0.4, 0.5) is 13.2 Å². The van der Waals surface area contributed by atoms with Crippen molar-refractivity contribution in [2.45, 2.75) is 25.6 Å². The van der Waals surface area contributed by atoms with Crippen LogP contribution in [-0.2, 0) is 6.18 Å². The molecule has 1 aliphatic heterocycles. The molecule has 1 aliphatic rings. The summed E-state index contributed by atoms with van der Waals surface area (Å²) in [5.74, 6) is 0. The molecule has 22 heavy (non-hydrogen) atoms. The van der Waals surface area contributed by atoms with Crippen molar-refractivity contribution in [3.63, 3.8) is 0 Å². The van der Waals surface area contributed by atoms with Crippen molar-refractivity contribution in [2.75, 3.05) is 26.2 Å². The lowest BCUT2D eigenvalue weighted by Crippen LogP contribution is -2.45. The molecule has 0 aromatic heterocycles. The van der Waals surface area contributed by atoms with E-state index in [0.29, 0.717) is 6.42 Å². The van der Waals surface area contributed by atoms with Crippen LogP contribution in [0.1, 0.15) is 30.5 Å². The van der Waals surface area contributed by atoms with E-state index in [0.717, 1.165) is 43.4 Å². The highest BCUT2D eigenvalue weighted by Gasteiger charge is 2.33. The molecule has 2 rings (SSSR count). The van der Waals surface area contributed by atoms with Crippen molar-refractivity contribution in [1.82, 2.24) is 10.2 Å². The van der Waals surface area contributed by atoms with Gasteiger partial charge in [0.05, 0.1) is 10.6 Å². The molecule has 1 fully saturated rings. The van der Waals surface area contributed by atoms with Crippen LogP contribution in [-0.4, -0.2) is 31.1 Å². The SMILES string of the molecule is C=C(C)C[C@H](c1ccc(C(F)(F)F)c(Cl)c1)N1CCNCC1. The monoisotopic (exact) mass is 332 g/mol. The second kappa shape index (κ2) is 7.02. The molecule has 1 aromatic rings. The summed E-state index contributed by atoms with van der Waals surface area (Å²) in [5, 5.41) is 3.03. The Morgan fingerprint density at radius 2 is 2.00 bits per heavy atom. The molecular weight excluding hydrogens is 313 g/mol. The van der Waals surface area contributed by atoms with E-state index in [4.69, 9.17) is 11.6 Å². The van der Waals surface area contributed by atoms with Crippen molar-refractivity contribution in [3.05, 3.63) is 46.5 Å². The lowest BCUT2D eigenvalue weighted by Gasteiger charge is -2.35. The number of nitrogens with zero attached hydrogens (tertiary/aromatic N) is 1. The molecule has 2 nitrogen and oxygen atoms in total. The number of hydrogen-bond donors (Lipinski definition) is 1. The van der Waals surface area contributed by atoms with Crippen LogP contribution < -0.4 is 5.32 Å². The molecule has 0 bridgehead atoms. The van der Waals surface area contributed by atoms with Gasteiger partial charge in [0.1, 0.15) is 0 Å². The Hall–Kier alpha value is -1.04. The molecule has 0 unspecified atom stereocenters. The first-order valence-corrected chi connectivity index (χ1v) is 7.62. The number of hydrogen-bond acceptors (Lipinski definition) is 2. The van der Waals surface area contributed by atoms with Gasteiger partial charge in [-0.2, -0.15) is 13.2 Å². The molecule has 1 saturated heterocycles. The second-order valence-corrected chi connectivity index (χ2v) is 6.11. The van der Waals surface area contributed by atoms with E-state index >= 15 is 0 Å². The topological polar surface area (TPSA) is 15.3 Å². The van der Waals surface area contributed by atoms with Gasteiger partial charge >= 0.3 is 6.18 Å². The van der Waals surface area contributed by atoms with Gasteiger partial charge in [0.2, 0.25) is 0 Å². The molecule has 6 heteroatoms.